The second-order valence-electron chi connectivity index (χ2n) is 14.3. The highest BCUT2D eigenvalue weighted by Crippen LogP contribution is 2.67. The van der Waals surface area contributed by atoms with Crippen molar-refractivity contribution in [2.45, 2.75) is 138 Å². The Balaban J connectivity index is 1.40. The molecule has 0 heterocycles. The van der Waals surface area contributed by atoms with E-state index in [-0.39, 0.29) is 0 Å². The molecule has 0 amide bonds. The zero-order valence-corrected chi connectivity index (χ0v) is 25.2. The molecule has 1 nitrogen and oxygen atoms in total. The first-order valence-corrected chi connectivity index (χ1v) is 16.2. The molecule has 4 rings (SSSR count). The molecule has 0 saturated heterocycles. The maximum atomic E-state index is 6.40. The van der Waals surface area contributed by atoms with Crippen molar-refractivity contribution < 1.29 is 4.74 Å². The zero-order valence-electron chi connectivity index (χ0n) is 25.2. The number of unbranched alkanes of at least 4 members (excludes halogenated alkanes) is 3. The lowest BCUT2D eigenvalue weighted by atomic mass is 9.47. The third-order valence-corrected chi connectivity index (χ3v) is 12.1. The molecule has 9 atom stereocenters. The third-order valence-electron chi connectivity index (χ3n) is 12.1. The number of ether oxygens (including phenoxy) is 1. The molecule has 0 aromatic heterocycles. The maximum absolute atomic E-state index is 6.40. The van der Waals surface area contributed by atoms with Gasteiger partial charge in [-0.15, -0.1) is 0 Å². The van der Waals surface area contributed by atoms with Crippen LogP contribution in [-0.2, 0) is 4.74 Å². The average molecular weight is 497 g/mol. The first-order valence-electron chi connectivity index (χ1n) is 16.2. The van der Waals surface area contributed by atoms with Gasteiger partial charge in [-0.25, -0.2) is 0 Å². The summed E-state index contributed by atoms with van der Waals surface area (Å²) in [5, 5.41) is 0. The van der Waals surface area contributed by atoms with E-state index in [2.05, 4.69) is 66.7 Å². The lowest BCUT2D eigenvalue weighted by Crippen LogP contribution is -2.51. The number of hydrogen-bond acceptors (Lipinski definition) is 1. The molecule has 0 aromatic carbocycles. The molecule has 0 spiro atoms. The summed E-state index contributed by atoms with van der Waals surface area (Å²) in [6.45, 7) is 18.3. The fraction of sp³-hybridized carbons (Fsp3) is 0.886. The first-order chi connectivity index (χ1) is 17.2. The highest BCUT2D eigenvalue weighted by molar-refractivity contribution is 5.25. The van der Waals surface area contributed by atoms with Crippen LogP contribution in [0.5, 0.6) is 0 Å². The monoisotopic (exact) mass is 496 g/mol. The minimum absolute atomic E-state index is 0.446. The van der Waals surface area contributed by atoms with Gasteiger partial charge >= 0.3 is 0 Å². The van der Waals surface area contributed by atoms with Gasteiger partial charge in [-0.1, -0.05) is 91.5 Å². The maximum Gasteiger partial charge on any atom is 0.0612 e. The summed E-state index contributed by atoms with van der Waals surface area (Å²) in [5.41, 5.74) is 2.77. The van der Waals surface area contributed by atoms with E-state index in [0.29, 0.717) is 16.9 Å². The van der Waals surface area contributed by atoms with Gasteiger partial charge < -0.3 is 4.74 Å². The van der Waals surface area contributed by atoms with Crippen molar-refractivity contribution in [2.24, 2.45) is 52.3 Å². The SMILES string of the molecule is CCCCCCO[C@H]1CC[C@@]2(C)C(=CCC3C2CC[C@@]2(C)C3CC[C@@H]2[C@H](C)C=C[C@@H](CC)C(C)C)C1. The van der Waals surface area contributed by atoms with Crippen molar-refractivity contribution >= 4 is 0 Å². The van der Waals surface area contributed by atoms with Gasteiger partial charge in [-0.3, -0.25) is 0 Å². The number of fused-ring (bicyclic) bond motifs is 5. The predicted octanol–water partition coefficient (Wildman–Crippen LogP) is 10.4. The van der Waals surface area contributed by atoms with Crippen LogP contribution in [0.2, 0.25) is 0 Å². The highest BCUT2D eigenvalue weighted by atomic mass is 16.5. The van der Waals surface area contributed by atoms with E-state index in [4.69, 9.17) is 4.74 Å². The van der Waals surface area contributed by atoms with E-state index in [1.54, 1.807) is 5.57 Å². The Morgan fingerprint density at radius 1 is 0.944 bits per heavy atom. The zero-order chi connectivity index (χ0) is 25.9. The second-order valence-corrected chi connectivity index (χ2v) is 14.3. The second kappa shape index (κ2) is 12.1. The van der Waals surface area contributed by atoms with Crippen LogP contribution in [0.25, 0.3) is 0 Å². The van der Waals surface area contributed by atoms with Crippen LogP contribution in [0.3, 0.4) is 0 Å². The van der Waals surface area contributed by atoms with Gasteiger partial charge in [0.1, 0.15) is 0 Å². The van der Waals surface area contributed by atoms with Gasteiger partial charge in [0.25, 0.3) is 0 Å². The molecule has 0 N–H and O–H groups in total. The van der Waals surface area contributed by atoms with Crippen molar-refractivity contribution in [2.75, 3.05) is 6.61 Å². The van der Waals surface area contributed by atoms with Crippen molar-refractivity contribution in [3.63, 3.8) is 0 Å². The van der Waals surface area contributed by atoms with Gasteiger partial charge in [0.2, 0.25) is 0 Å². The number of hydrogen-bond donors (Lipinski definition) is 0. The minimum atomic E-state index is 0.446. The molecule has 0 aliphatic heterocycles. The summed E-state index contributed by atoms with van der Waals surface area (Å²) >= 11 is 0. The summed E-state index contributed by atoms with van der Waals surface area (Å²) in [4.78, 5) is 0. The smallest absolute Gasteiger partial charge is 0.0612 e. The Labute approximate surface area is 225 Å². The highest BCUT2D eigenvalue weighted by Gasteiger charge is 2.59. The molecule has 3 unspecified atom stereocenters. The quantitative estimate of drug-likeness (QED) is 0.204. The Kier molecular flexibility index (Phi) is 9.55. The molecule has 0 aromatic rings. The largest absolute Gasteiger partial charge is 0.378 e. The van der Waals surface area contributed by atoms with Gasteiger partial charge in [0.15, 0.2) is 0 Å². The first kappa shape index (κ1) is 28.4. The lowest BCUT2D eigenvalue weighted by molar-refractivity contribution is -0.0615. The van der Waals surface area contributed by atoms with Gasteiger partial charge in [0.05, 0.1) is 6.10 Å². The molecular formula is C35H60O. The molecule has 0 radical (unpaired) electrons. The van der Waals surface area contributed by atoms with Crippen LogP contribution in [0, 0.1) is 52.3 Å². The van der Waals surface area contributed by atoms with E-state index in [1.807, 2.05) is 0 Å². The molecule has 4 aliphatic rings. The predicted molar refractivity (Wildman–Crippen MR) is 156 cm³/mol. The van der Waals surface area contributed by atoms with Crippen LogP contribution < -0.4 is 0 Å². The molecule has 4 aliphatic carbocycles. The summed E-state index contributed by atoms with van der Waals surface area (Å²) in [7, 11) is 0. The van der Waals surface area contributed by atoms with Crippen molar-refractivity contribution in [3.8, 4) is 0 Å². The normalized spacial score (nSPS) is 40.0. The fourth-order valence-electron chi connectivity index (χ4n) is 9.73. The van der Waals surface area contributed by atoms with E-state index in [0.717, 1.165) is 48.0 Å². The summed E-state index contributed by atoms with van der Waals surface area (Å²) in [5.74, 6) is 5.86. The lowest BCUT2D eigenvalue weighted by Gasteiger charge is -2.58. The van der Waals surface area contributed by atoms with E-state index in [9.17, 15) is 0 Å². The molecular weight excluding hydrogens is 436 g/mol. The molecule has 3 fully saturated rings. The molecule has 3 saturated carbocycles. The summed E-state index contributed by atoms with van der Waals surface area (Å²) < 4.78 is 6.40. The van der Waals surface area contributed by atoms with Crippen LogP contribution in [0.15, 0.2) is 23.8 Å². The van der Waals surface area contributed by atoms with Crippen LogP contribution in [-0.4, -0.2) is 12.7 Å². The summed E-state index contributed by atoms with van der Waals surface area (Å²) in [6.07, 6.45) is 26.0. The van der Waals surface area contributed by atoms with Crippen molar-refractivity contribution in [3.05, 3.63) is 23.8 Å². The Bertz CT molecular complexity index is 763. The summed E-state index contributed by atoms with van der Waals surface area (Å²) in [6, 6.07) is 0. The van der Waals surface area contributed by atoms with E-state index >= 15 is 0 Å². The minimum Gasteiger partial charge on any atom is -0.378 e. The van der Waals surface area contributed by atoms with Crippen LogP contribution >= 0.6 is 0 Å². The van der Waals surface area contributed by atoms with Gasteiger partial charge in [-0.05, 0) is 116 Å². The molecule has 206 valence electrons. The van der Waals surface area contributed by atoms with Crippen LogP contribution in [0.1, 0.15) is 132 Å². The molecule has 0 bridgehead atoms. The van der Waals surface area contributed by atoms with Gasteiger partial charge in [-0.2, -0.15) is 0 Å². The molecule has 36 heavy (non-hydrogen) atoms. The topological polar surface area (TPSA) is 9.23 Å². The van der Waals surface area contributed by atoms with Gasteiger partial charge in [0, 0.05) is 6.61 Å². The fourth-order valence-corrected chi connectivity index (χ4v) is 9.73. The Morgan fingerprint density at radius 3 is 2.47 bits per heavy atom. The number of rotatable bonds is 11. The Morgan fingerprint density at radius 2 is 1.75 bits per heavy atom. The van der Waals surface area contributed by atoms with E-state index in [1.165, 1.54) is 83.5 Å². The Hall–Kier alpha value is -0.560. The number of allylic oxidation sites excluding steroid dienone is 3. The average Bonchev–Trinajstić information content (AvgIpc) is 3.21. The third kappa shape index (κ3) is 5.58. The standard InChI is InChI=1S/C35H60O/c1-8-10-11-12-23-36-29-19-21-34(6)28(24-29)15-16-30-32-18-17-31(35(32,7)22-20-33(30)34)26(5)13-14-27(9-2)25(3)4/h13-15,25-27,29-33H,8-12,16-24H2,1-7H3/t26-,27-,29+,30?,31-,32?,33?,34+,35-/m1/s1. The van der Waals surface area contributed by atoms with Crippen molar-refractivity contribution in [1.82, 2.24) is 0 Å². The molecule has 1 heteroatoms. The van der Waals surface area contributed by atoms with Crippen molar-refractivity contribution in [1.29, 1.82) is 0 Å². The van der Waals surface area contributed by atoms with E-state index < -0.39 is 0 Å². The van der Waals surface area contributed by atoms with Crippen LogP contribution in [0.4, 0.5) is 0 Å².